The van der Waals surface area contributed by atoms with Gasteiger partial charge in [0.1, 0.15) is 23.9 Å². The summed E-state index contributed by atoms with van der Waals surface area (Å²) in [6.07, 6.45) is 2.12. The number of rotatable bonds is 14. The molecule has 0 aliphatic rings. The van der Waals surface area contributed by atoms with E-state index in [0.29, 0.717) is 11.3 Å². The molecule has 15 nitrogen and oxygen atoms in total. The number of primary amides is 1. The summed E-state index contributed by atoms with van der Waals surface area (Å²) in [5, 5.41) is 35.1. The van der Waals surface area contributed by atoms with Crippen LogP contribution in [0.1, 0.15) is 17.7 Å². The van der Waals surface area contributed by atoms with Crippen LogP contribution >= 0.6 is 0 Å². The first kappa shape index (κ1) is 28.7. The third kappa shape index (κ3) is 9.23. The van der Waals surface area contributed by atoms with Crippen LogP contribution in [0.3, 0.4) is 0 Å². The fourth-order valence-corrected chi connectivity index (χ4v) is 3.22. The van der Waals surface area contributed by atoms with Crippen LogP contribution in [0.2, 0.25) is 0 Å². The number of carbonyl (C=O) groups excluding carboxylic acids is 4. The third-order valence-corrected chi connectivity index (χ3v) is 5.18. The minimum Gasteiger partial charge on any atom is -0.508 e. The second kappa shape index (κ2) is 13.6. The third-order valence-electron chi connectivity index (χ3n) is 5.18. The number of phenolic OH excluding ortho intramolecular Hbond substituents is 1. The normalized spacial score (nSPS) is 14.0. The van der Waals surface area contributed by atoms with Crippen LogP contribution in [-0.4, -0.2) is 85.7 Å². The van der Waals surface area contributed by atoms with Crippen molar-refractivity contribution in [3.05, 3.63) is 48.0 Å². The minimum absolute atomic E-state index is 0.0254. The molecular weight excluding hydrogens is 490 g/mol. The zero-order valence-corrected chi connectivity index (χ0v) is 19.6. The van der Waals surface area contributed by atoms with Gasteiger partial charge in [-0.3, -0.25) is 19.2 Å². The Kier molecular flexibility index (Phi) is 10.5. The van der Waals surface area contributed by atoms with Crippen LogP contribution in [0.15, 0.2) is 36.8 Å². The predicted octanol–water partition coefficient (Wildman–Crippen LogP) is -3.37. The molecule has 0 spiro atoms. The summed E-state index contributed by atoms with van der Waals surface area (Å²) in [4.78, 5) is 67.5. The molecule has 0 bridgehead atoms. The van der Waals surface area contributed by atoms with E-state index in [1.807, 2.05) is 0 Å². The average molecular weight is 520 g/mol. The molecule has 4 unspecified atom stereocenters. The van der Waals surface area contributed by atoms with E-state index < -0.39 is 66.8 Å². The minimum atomic E-state index is -1.61. The van der Waals surface area contributed by atoms with Crippen molar-refractivity contribution in [1.82, 2.24) is 25.9 Å². The van der Waals surface area contributed by atoms with E-state index in [2.05, 4.69) is 25.9 Å². The number of carboxylic acid groups (broad SMARTS) is 1. The summed E-state index contributed by atoms with van der Waals surface area (Å²) < 4.78 is 0. The highest BCUT2D eigenvalue weighted by Gasteiger charge is 2.31. The van der Waals surface area contributed by atoms with Gasteiger partial charge in [0.2, 0.25) is 23.6 Å². The number of H-pyrrole nitrogens is 1. The highest BCUT2D eigenvalue weighted by molar-refractivity contribution is 5.96. The Labute approximate surface area is 210 Å². The van der Waals surface area contributed by atoms with Crippen LogP contribution in [0.4, 0.5) is 0 Å². The molecule has 0 aliphatic carbocycles. The predicted molar refractivity (Wildman–Crippen MR) is 126 cm³/mol. The molecule has 2 aromatic rings. The first-order valence-electron chi connectivity index (χ1n) is 11.0. The molecule has 1 heterocycles. The maximum atomic E-state index is 12.7. The van der Waals surface area contributed by atoms with E-state index in [1.54, 1.807) is 0 Å². The largest absolute Gasteiger partial charge is 0.508 e. The quantitative estimate of drug-likeness (QED) is 0.120. The number of nitrogens with zero attached hydrogens (tertiary/aromatic N) is 1. The summed E-state index contributed by atoms with van der Waals surface area (Å²) in [5.74, 6) is -5.19. The van der Waals surface area contributed by atoms with Gasteiger partial charge in [-0.15, -0.1) is 0 Å². The number of carbonyl (C=O) groups is 5. The van der Waals surface area contributed by atoms with Crippen LogP contribution in [0.25, 0.3) is 0 Å². The van der Waals surface area contributed by atoms with Crippen LogP contribution in [-0.2, 0) is 36.8 Å². The number of aromatic hydroxyl groups is 1. The first-order chi connectivity index (χ1) is 17.5. The number of hydrogen-bond acceptors (Lipinski definition) is 9. The number of imidazole rings is 1. The molecule has 4 atom stereocenters. The van der Waals surface area contributed by atoms with Gasteiger partial charge >= 0.3 is 5.97 Å². The van der Waals surface area contributed by atoms with E-state index in [-0.39, 0.29) is 18.6 Å². The maximum Gasteiger partial charge on any atom is 0.326 e. The standard InChI is InChI=1S/C22H29N7O8/c23-14(6-12-8-25-10-26-12)19(33)27-15(7-18(24)32)20(34)29-17(9-30)21(35)28-16(22(36)37)5-11-1-3-13(31)4-2-11/h1-4,8,10,14-17,30-31H,5-7,9,23H2,(H2,24,32)(H,25,26)(H,27,33)(H,28,35)(H,29,34)(H,36,37). The molecule has 0 fully saturated rings. The summed E-state index contributed by atoms with van der Waals surface area (Å²) in [5.41, 5.74) is 12.1. The zero-order valence-electron chi connectivity index (χ0n) is 19.6. The average Bonchev–Trinajstić information content (AvgIpc) is 3.35. The lowest BCUT2D eigenvalue weighted by Gasteiger charge is -2.24. The molecular formula is C22H29N7O8. The van der Waals surface area contributed by atoms with E-state index in [9.17, 15) is 39.3 Å². The Balaban J connectivity index is 2.04. The van der Waals surface area contributed by atoms with Gasteiger partial charge in [-0.25, -0.2) is 9.78 Å². The van der Waals surface area contributed by atoms with Crippen molar-refractivity contribution in [2.75, 3.05) is 6.61 Å². The number of nitrogens with two attached hydrogens (primary N) is 2. The molecule has 37 heavy (non-hydrogen) atoms. The van der Waals surface area contributed by atoms with Gasteiger partial charge in [-0.2, -0.15) is 0 Å². The Hall–Kier alpha value is -4.50. The molecule has 1 aromatic heterocycles. The van der Waals surface area contributed by atoms with Crippen molar-refractivity contribution >= 4 is 29.6 Å². The number of carboxylic acids is 1. The Morgan fingerprint density at radius 2 is 1.51 bits per heavy atom. The fraction of sp³-hybridized carbons (Fsp3) is 0.364. The maximum absolute atomic E-state index is 12.7. The summed E-state index contributed by atoms with van der Waals surface area (Å²) in [6, 6.07) is -0.0383. The van der Waals surface area contributed by atoms with Crippen LogP contribution < -0.4 is 27.4 Å². The topological polar surface area (TPSA) is 263 Å². The fourth-order valence-electron chi connectivity index (χ4n) is 3.22. The Morgan fingerprint density at radius 3 is 2.05 bits per heavy atom. The SMILES string of the molecule is NC(=O)CC(NC(=O)C(N)Cc1cnc[nH]1)C(=O)NC(CO)C(=O)NC(Cc1ccc(O)cc1)C(=O)O. The lowest BCUT2D eigenvalue weighted by atomic mass is 10.1. The van der Waals surface area contributed by atoms with Gasteiger partial charge in [-0.05, 0) is 17.7 Å². The summed E-state index contributed by atoms with van der Waals surface area (Å²) in [7, 11) is 0. The monoisotopic (exact) mass is 519 g/mol. The number of aliphatic carboxylic acids is 1. The highest BCUT2D eigenvalue weighted by Crippen LogP contribution is 2.11. The van der Waals surface area contributed by atoms with Crippen molar-refractivity contribution in [2.45, 2.75) is 43.4 Å². The Morgan fingerprint density at radius 1 is 0.919 bits per heavy atom. The van der Waals surface area contributed by atoms with E-state index in [0.717, 1.165) is 0 Å². The van der Waals surface area contributed by atoms with Gasteiger partial charge in [-0.1, -0.05) is 12.1 Å². The lowest BCUT2D eigenvalue weighted by Crippen LogP contribution is -2.59. The number of aliphatic hydroxyl groups excluding tert-OH is 1. The second-order valence-corrected chi connectivity index (χ2v) is 8.13. The number of aromatic amines is 1. The number of hydrogen-bond donors (Lipinski definition) is 9. The van der Waals surface area contributed by atoms with Crippen molar-refractivity contribution in [1.29, 1.82) is 0 Å². The highest BCUT2D eigenvalue weighted by atomic mass is 16.4. The van der Waals surface area contributed by atoms with E-state index >= 15 is 0 Å². The number of amides is 4. The smallest absolute Gasteiger partial charge is 0.326 e. The molecule has 15 heteroatoms. The van der Waals surface area contributed by atoms with Crippen molar-refractivity contribution in [2.24, 2.45) is 11.5 Å². The van der Waals surface area contributed by atoms with E-state index in [1.165, 1.54) is 36.8 Å². The summed E-state index contributed by atoms with van der Waals surface area (Å²) >= 11 is 0. The number of aromatic nitrogens is 2. The molecule has 1 aromatic carbocycles. The first-order valence-corrected chi connectivity index (χ1v) is 11.0. The molecule has 0 aliphatic heterocycles. The van der Waals surface area contributed by atoms with Gasteiger partial charge in [0.15, 0.2) is 0 Å². The van der Waals surface area contributed by atoms with Gasteiger partial charge in [0.25, 0.3) is 0 Å². The number of aliphatic hydroxyl groups is 1. The summed E-state index contributed by atoms with van der Waals surface area (Å²) in [6.45, 7) is -0.917. The second-order valence-electron chi connectivity index (χ2n) is 8.13. The number of benzene rings is 1. The van der Waals surface area contributed by atoms with Crippen LogP contribution in [0, 0.1) is 0 Å². The molecule has 0 radical (unpaired) electrons. The van der Waals surface area contributed by atoms with E-state index in [4.69, 9.17) is 11.5 Å². The molecule has 4 amide bonds. The Bertz CT molecular complexity index is 1090. The zero-order chi connectivity index (χ0) is 27.5. The molecule has 0 saturated heterocycles. The molecule has 2 rings (SSSR count). The lowest BCUT2D eigenvalue weighted by molar-refractivity contribution is -0.142. The van der Waals surface area contributed by atoms with Crippen molar-refractivity contribution < 1.29 is 39.3 Å². The molecule has 11 N–H and O–H groups in total. The molecule has 200 valence electrons. The van der Waals surface area contributed by atoms with Crippen molar-refractivity contribution in [3.8, 4) is 5.75 Å². The van der Waals surface area contributed by atoms with Gasteiger partial charge in [0, 0.05) is 24.7 Å². The number of nitrogens with one attached hydrogen (secondary N) is 4. The van der Waals surface area contributed by atoms with Crippen LogP contribution in [0.5, 0.6) is 5.75 Å². The van der Waals surface area contributed by atoms with Gasteiger partial charge in [0.05, 0.1) is 25.4 Å². The van der Waals surface area contributed by atoms with Crippen molar-refractivity contribution in [3.63, 3.8) is 0 Å². The number of phenols is 1. The molecule has 0 saturated carbocycles. The van der Waals surface area contributed by atoms with Gasteiger partial charge < -0.3 is 47.7 Å².